The van der Waals surface area contributed by atoms with Gasteiger partial charge in [0.05, 0.1) is 37.1 Å². The minimum atomic E-state index is -1.55. The van der Waals surface area contributed by atoms with Crippen molar-refractivity contribution in [3.05, 3.63) is 0 Å². The largest absolute Gasteiger partial charge is 0.392 e. The normalized spacial score (nSPS) is 60.9. The molecule has 7 bridgehead atoms. The molecule has 8 nitrogen and oxygen atoms in total. The first-order valence-electron chi connectivity index (χ1n) is 12.7. The van der Waals surface area contributed by atoms with Gasteiger partial charge in [-0.25, -0.2) is 0 Å². The van der Waals surface area contributed by atoms with Gasteiger partial charge in [-0.15, -0.1) is 0 Å². The Morgan fingerprint density at radius 2 is 1.82 bits per heavy atom. The van der Waals surface area contributed by atoms with E-state index in [9.17, 15) is 15.3 Å². The van der Waals surface area contributed by atoms with Gasteiger partial charge >= 0.3 is 0 Å². The molecule has 5 saturated carbocycles. The van der Waals surface area contributed by atoms with Gasteiger partial charge in [-0.2, -0.15) is 0 Å². The molecule has 1 heterocycles. The molecule has 8 heteroatoms. The summed E-state index contributed by atoms with van der Waals surface area (Å²) in [6.45, 7) is 4.18. The second-order valence-electron chi connectivity index (χ2n) is 11.9. The molecule has 0 radical (unpaired) electrons. The summed E-state index contributed by atoms with van der Waals surface area (Å²) in [5.41, 5.74) is -3.82. The third kappa shape index (κ3) is 2.20. The fourth-order valence-electron chi connectivity index (χ4n) is 11.0. The number of hydrogen-bond donors (Lipinski definition) is 3. The van der Waals surface area contributed by atoms with Crippen LogP contribution in [0.5, 0.6) is 0 Å². The number of nitrogens with zero attached hydrogens (tertiary/aromatic N) is 1. The van der Waals surface area contributed by atoms with Crippen molar-refractivity contribution in [2.45, 2.75) is 74.3 Å². The zero-order valence-electron chi connectivity index (χ0n) is 20.6. The topological polar surface area (TPSA) is 101 Å². The lowest BCUT2D eigenvalue weighted by Crippen LogP contribution is -2.82. The molecule has 1 spiro atoms. The van der Waals surface area contributed by atoms with Gasteiger partial charge in [0.15, 0.2) is 0 Å². The number of methoxy groups -OCH3 is 4. The van der Waals surface area contributed by atoms with Crippen LogP contribution in [0.15, 0.2) is 0 Å². The molecule has 13 atom stereocenters. The summed E-state index contributed by atoms with van der Waals surface area (Å²) in [5, 5.41) is 37.6. The molecule has 6 aliphatic rings. The van der Waals surface area contributed by atoms with Crippen molar-refractivity contribution in [3.8, 4) is 0 Å². The van der Waals surface area contributed by atoms with Crippen LogP contribution in [-0.2, 0) is 18.9 Å². The zero-order valence-corrected chi connectivity index (χ0v) is 20.6. The second-order valence-corrected chi connectivity index (χ2v) is 11.9. The van der Waals surface area contributed by atoms with Gasteiger partial charge < -0.3 is 34.3 Å². The van der Waals surface area contributed by atoms with Gasteiger partial charge in [0.1, 0.15) is 11.2 Å². The Kier molecular flexibility index (Phi) is 4.99. The van der Waals surface area contributed by atoms with E-state index in [0.29, 0.717) is 19.4 Å². The highest BCUT2D eigenvalue weighted by atomic mass is 16.5. The lowest BCUT2D eigenvalue weighted by atomic mass is 9.42. The van der Waals surface area contributed by atoms with Crippen LogP contribution in [0.4, 0.5) is 0 Å². The van der Waals surface area contributed by atoms with Crippen LogP contribution in [0.2, 0.25) is 0 Å². The first-order valence-corrected chi connectivity index (χ1v) is 12.7. The molecule has 33 heavy (non-hydrogen) atoms. The fourth-order valence-corrected chi connectivity index (χ4v) is 11.0. The van der Waals surface area contributed by atoms with Crippen molar-refractivity contribution < 1.29 is 34.3 Å². The summed E-state index contributed by atoms with van der Waals surface area (Å²) >= 11 is 0. The number of aliphatic hydroxyl groups is 3. The van der Waals surface area contributed by atoms with Crippen molar-refractivity contribution >= 4 is 0 Å². The van der Waals surface area contributed by atoms with Crippen LogP contribution >= 0.6 is 0 Å². The summed E-state index contributed by atoms with van der Waals surface area (Å²) in [7, 11) is 6.79. The number of ether oxygens (including phenoxy) is 4. The zero-order chi connectivity index (χ0) is 23.6. The van der Waals surface area contributed by atoms with Gasteiger partial charge in [-0.1, -0.05) is 6.92 Å². The highest BCUT2D eigenvalue weighted by Crippen LogP contribution is 2.80. The molecule has 5 aliphatic carbocycles. The molecule has 0 amide bonds. The van der Waals surface area contributed by atoms with E-state index in [2.05, 4.69) is 11.8 Å². The average molecular weight is 468 g/mol. The molecule has 3 N–H and O–H groups in total. The van der Waals surface area contributed by atoms with E-state index in [4.69, 9.17) is 18.9 Å². The molecule has 6 fully saturated rings. The molecule has 188 valence electrons. The monoisotopic (exact) mass is 467 g/mol. The van der Waals surface area contributed by atoms with Crippen LogP contribution in [0.3, 0.4) is 0 Å². The lowest BCUT2D eigenvalue weighted by Gasteiger charge is -2.69. The van der Waals surface area contributed by atoms with Gasteiger partial charge in [-0.05, 0) is 31.7 Å². The number of hydrogen-bond acceptors (Lipinski definition) is 8. The molecular weight excluding hydrogens is 426 g/mol. The Labute approximate surface area is 196 Å². The van der Waals surface area contributed by atoms with Crippen LogP contribution in [0, 0.1) is 34.5 Å². The van der Waals surface area contributed by atoms with Gasteiger partial charge in [0, 0.05) is 70.0 Å². The Balaban J connectivity index is 1.67. The molecule has 0 aromatic heterocycles. The molecule has 0 aromatic carbocycles. The van der Waals surface area contributed by atoms with E-state index in [1.54, 1.807) is 28.4 Å². The smallest absolute Gasteiger partial charge is 0.136 e. The number of likely N-dealkylation sites (N-methyl/N-ethyl adjacent to an activating group) is 1. The Hall–Kier alpha value is -0.320. The summed E-state index contributed by atoms with van der Waals surface area (Å²) in [6, 6.07) is -0.386. The number of likely N-dealkylation sites (tertiary alicyclic amines) is 1. The van der Waals surface area contributed by atoms with Crippen molar-refractivity contribution in [1.82, 2.24) is 4.90 Å². The first-order chi connectivity index (χ1) is 15.8. The minimum absolute atomic E-state index is 0.00825. The van der Waals surface area contributed by atoms with E-state index in [-0.39, 0.29) is 47.3 Å². The minimum Gasteiger partial charge on any atom is -0.392 e. The molecule has 5 unspecified atom stereocenters. The lowest BCUT2D eigenvalue weighted by molar-refractivity contribution is -0.318. The van der Waals surface area contributed by atoms with Crippen molar-refractivity contribution in [2.75, 3.05) is 48.1 Å². The van der Waals surface area contributed by atoms with Crippen LogP contribution < -0.4 is 0 Å². The van der Waals surface area contributed by atoms with Crippen LogP contribution in [0.1, 0.15) is 32.6 Å². The first kappa shape index (κ1) is 23.1. The SMILES string of the molecule is CCN1C[C@]2(COC)CC[C@H](O)[C@@]34C5C[C@H]6[C@H](OC)C5[C@](O)(C[C@H]6OC)C(O)(C(OC)C23)[C@@H]14. The maximum atomic E-state index is 12.9. The van der Waals surface area contributed by atoms with Gasteiger partial charge in [0.2, 0.25) is 0 Å². The van der Waals surface area contributed by atoms with E-state index < -0.39 is 28.8 Å². The standard InChI is InChI=1S/C25H41NO7/c1-6-26-11-22(12-30-2)8-7-16(27)24-14-9-13-15(31-3)10-23(28,17(14)18(13)32-4)25(29,21(24)26)20(33-5)19(22)24/h13-21,27-29H,6-12H2,1-5H3/t13-,14?,15-,16+,17?,18+,19?,20?,21+,22+,23-,24+,25?/m1/s1. The molecule has 6 rings (SSSR count). The quantitative estimate of drug-likeness (QED) is 0.512. The second kappa shape index (κ2) is 7.13. The number of aliphatic hydroxyl groups excluding tert-OH is 1. The summed E-state index contributed by atoms with van der Waals surface area (Å²) in [5.74, 6) is -0.231. The number of fused-ring (bicyclic) bond motifs is 2. The predicted molar refractivity (Wildman–Crippen MR) is 119 cm³/mol. The molecule has 1 aliphatic heterocycles. The van der Waals surface area contributed by atoms with E-state index in [0.717, 1.165) is 25.9 Å². The third-order valence-electron chi connectivity index (χ3n) is 11.5. The fraction of sp³-hybridized carbons (Fsp3) is 1.00. The van der Waals surface area contributed by atoms with Crippen LogP contribution in [-0.4, -0.2) is 110 Å². The van der Waals surface area contributed by atoms with Crippen LogP contribution in [0.25, 0.3) is 0 Å². The predicted octanol–water partition coefficient (Wildman–Crippen LogP) is 0.271. The average Bonchev–Trinajstić information content (AvgIpc) is 3.22. The number of rotatable bonds is 6. The summed E-state index contributed by atoms with van der Waals surface area (Å²) in [6.07, 6.45) is 1.06. The van der Waals surface area contributed by atoms with Crippen molar-refractivity contribution in [1.29, 1.82) is 0 Å². The Bertz CT molecular complexity index is 814. The van der Waals surface area contributed by atoms with E-state index >= 15 is 0 Å². The summed E-state index contributed by atoms with van der Waals surface area (Å²) < 4.78 is 24.0. The van der Waals surface area contributed by atoms with Crippen molar-refractivity contribution in [3.63, 3.8) is 0 Å². The molecule has 1 saturated heterocycles. The maximum Gasteiger partial charge on any atom is 0.136 e. The van der Waals surface area contributed by atoms with Gasteiger partial charge in [-0.3, -0.25) is 4.90 Å². The van der Waals surface area contributed by atoms with E-state index in [1.165, 1.54) is 0 Å². The highest BCUT2D eigenvalue weighted by Gasteiger charge is 2.91. The Morgan fingerprint density at radius 3 is 2.42 bits per heavy atom. The Morgan fingerprint density at radius 1 is 1.06 bits per heavy atom. The molecule has 0 aromatic rings. The van der Waals surface area contributed by atoms with E-state index in [1.807, 2.05) is 0 Å². The van der Waals surface area contributed by atoms with Gasteiger partial charge in [0.25, 0.3) is 0 Å². The highest BCUT2D eigenvalue weighted by molar-refractivity contribution is 5.41. The summed E-state index contributed by atoms with van der Waals surface area (Å²) in [4.78, 5) is 2.33. The number of piperidine rings is 1. The third-order valence-corrected chi connectivity index (χ3v) is 11.5. The maximum absolute atomic E-state index is 12.9. The van der Waals surface area contributed by atoms with Crippen molar-refractivity contribution in [2.24, 2.45) is 34.5 Å². The molecular formula is C25H41NO7.